The number of nitrogens with one attached hydrogen (secondary N) is 1. The predicted octanol–water partition coefficient (Wildman–Crippen LogP) is 1.34. The zero-order valence-electron chi connectivity index (χ0n) is 16.9. The Bertz CT molecular complexity index is 986. The van der Waals surface area contributed by atoms with E-state index in [-0.39, 0.29) is 25.0 Å². The molecule has 1 atom stereocenters. The molecule has 1 aromatic heterocycles. The van der Waals surface area contributed by atoms with Gasteiger partial charge in [-0.2, -0.15) is 0 Å². The van der Waals surface area contributed by atoms with Crippen LogP contribution in [0.4, 0.5) is 0 Å². The molecule has 2 aromatic rings. The molecule has 1 saturated heterocycles. The number of carbonyl (C=O) groups excluding carboxylic acids is 3. The van der Waals surface area contributed by atoms with Gasteiger partial charge in [0.05, 0.1) is 23.9 Å². The van der Waals surface area contributed by atoms with Crippen LogP contribution in [0, 0.1) is 0 Å². The quantitative estimate of drug-likeness (QED) is 0.678. The van der Waals surface area contributed by atoms with Gasteiger partial charge < -0.3 is 19.4 Å². The van der Waals surface area contributed by atoms with Gasteiger partial charge in [0, 0.05) is 13.0 Å². The third-order valence-electron chi connectivity index (χ3n) is 4.97. The minimum absolute atomic E-state index is 0.0319. The fourth-order valence-corrected chi connectivity index (χ4v) is 3.48. The Labute approximate surface area is 173 Å². The summed E-state index contributed by atoms with van der Waals surface area (Å²) in [5, 5.41) is 0.479. The summed E-state index contributed by atoms with van der Waals surface area (Å²) < 4.78 is 10.1. The molecule has 0 radical (unpaired) electrons. The SMILES string of the molecule is CCOC(=O)[C@H]1CCCCN1C(=O)COC(=O)CCc1nc2ccccc2c(=O)[nH]1. The van der Waals surface area contributed by atoms with Crippen molar-refractivity contribution < 1.29 is 23.9 Å². The lowest BCUT2D eigenvalue weighted by Crippen LogP contribution is -2.50. The first-order valence-electron chi connectivity index (χ1n) is 10.1. The molecule has 30 heavy (non-hydrogen) atoms. The average Bonchev–Trinajstić information content (AvgIpc) is 2.76. The van der Waals surface area contributed by atoms with Crippen LogP contribution < -0.4 is 5.56 Å². The summed E-state index contributed by atoms with van der Waals surface area (Å²) in [5.74, 6) is -1.05. The Hall–Kier alpha value is -3.23. The van der Waals surface area contributed by atoms with E-state index in [2.05, 4.69) is 9.97 Å². The van der Waals surface area contributed by atoms with Gasteiger partial charge in [0.15, 0.2) is 6.61 Å². The van der Waals surface area contributed by atoms with Crippen LogP contribution in [0.25, 0.3) is 10.9 Å². The van der Waals surface area contributed by atoms with Crippen molar-refractivity contribution in [3.05, 3.63) is 40.4 Å². The van der Waals surface area contributed by atoms with Crippen molar-refractivity contribution in [2.75, 3.05) is 19.8 Å². The molecule has 0 bridgehead atoms. The third kappa shape index (κ3) is 5.22. The molecule has 0 aliphatic carbocycles. The van der Waals surface area contributed by atoms with Crippen LogP contribution in [-0.2, 0) is 30.3 Å². The number of para-hydroxylation sites is 1. The number of piperidine rings is 1. The van der Waals surface area contributed by atoms with E-state index in [1.54, 1.807) is 31.2 Å². The monoisotopic (exact) mass is 415 g/mol. The Kier molecular flexibility index (Phi) is 7.16. The van der Waals surface area contributed by atoms with Gasteiger partial charge in [-0.15, -0.1) is 0 Å². The van der Waals surface area contributed by atoms with Crippen molar-refractivity contribution in [1.82, 2.24) is 14.9 Å². The Morgan fingerprint density at radius 1 is 1.20 bits per heavy atom. The van der Waals surface area contributed by atoms with Gasteiger partial charge in [0.25, 0.3) is 11.5 Å². The minimum Gasteiger partial charge on any atom is -0.464 e. The number of aryl methyl sites for hydroxylation is 1. The number of amides is 1. The largest absolute Gasteiger partial charge is 0.464 e. The lowest BCUT2D eigenvalue weighted by atomic mass is 10.0. The first-order valence-corrected chi connectivity index (χ1v) is 10.1. The van der Waals surface area contributed by atoms with E-state index in [0.29, 0.717) is 29.7 Å². The number of ether oxygens (including phenoxy) is 2. The van der Waals surface area contributed by atoms with E-state index >= 15 is 0 Å². The molecule has 3 rings (SSSR count). The molecule has 0 saturated carbocycles. The number of nitrogens with zero attached hydrogens (tertiary/aromatic N) is 2. The number of hydrogen-bond acceptors (Lipinski definition) is 7. The topological polar surface area (TPSA) is 119 Å². The summed E-state index contributed by atoms with van der Waals surface area (Å²) in [6.07, 6.45) is 2.32. The fourth-order valence-electron chi connectivity index (χ4n) is 3.48. The number of H-pyrrole nitrogens is 1. The van der Waals surface area contributed by atoms with E-state index < -0.39 is 30.5 Å². The molecule has 1 aliphatic heterocycles. The summed E-state index contributed by atoms with van der Waals surface area (Å²) >= 11 is 0. The second-order valence-electron chi connectivity index (χ2n) is 7.04. The number of rotatable bonds is 7. The normalized spacial score (nSPS) is 16.3. The maximum atomic E-state index is 12.5. The molecule has 9 heteroatoms. The van der Waals surface area contributed by atoms with Gasteiger partial charge in [-0.05, 0) is 38.3 Å². The number of hydrogen-bond donors (Lipinski definition) is 1. The molecule has 160 valence electrons. The zero-order valence-corrected chi connectivity index (χ0v) is 16.9. The van der Waals surface area contributed by atoms with Crippen LogP contribution in [0.1, 0.15) is 38.4 Å². The van der Waals surface area contributed by atoms with Crippen molar-refractivity contribution in [1.29, 1.82) is 0 Å². The summed E-state index contributed by atoms with van der Waals surface area (Å²) in [6, 6.07) is 6.31. The van der Waals surface area contributed by atoms with E-state index in [0.717, 1.165) is 12.8 Å². The summed E-state index contributed by atoms with van der Waals surface area (Å²) in [4.78, 5) is 57.1. The summed E-state index contributed by atoms with van der Waals surface area (Å²) in [6.45, 7) is 1.96. The third-order valence-corrected chi connectivity index (χ3v) is 4.97. The maximum Gasteiger partial charge on any atom is 0.328 e. The Morgan fingerprint density at radius 3 is 2.80 bits per heavy atom. The van der Waals surface area contributed by atoms with Gasteiger partial charge in [0.2, 0.25) is 0 Å². The van der Waals surface area contributed by atoms with Gasteiger partial charge in [0.1, 0.15) is 11.9 Å². The number of aromatic nitrogens is 2. The molecule has 1 aliphatic rings. The molecular formula is C21H25N3O6. The number of esters is 2. The summed E-state index contributed by atoms with van der Waals surface area (Å²) in [7, 11) is 0. The van der Waals surface area contributed by atoms with Crippen molar-refractivity contribution in [2.45, 2.75) is 45.1 Å². The fraction of sp³-hybridized carbons (Fsp3) is 0.476. The molecule has 1 aromatic carbocycles. The zero-order chi connectivity index (χ0) is 21.5. The lowest BCUT2D eigenvalue weighted by molar-refractivity contribution is -0.160. The van der Waals surface area contributed by atoms with Crippen LogP contribution in [0.5, 0.6) is 0 Å². The molecule has 2 heterocycles. The van der Waals surface area contributed by atoms with Crippen LogP contribution in [-0.4, -0.2) is 58.5 Å². The van der Waals surface area contributed by atoms with Gasteiger partial charge in [-0.1, -0.05) is 12.1 Å². The highest BCUT2D eigenvalue weighted by atomic mass is 16.5. The predicted molar refractivity (Wildman–Crippen MR) is 108 cm³/mol. The smallest absolute Gasteiger partial charge is 0.328 e. The van der Waals surface area contributed by atoms with E-state index in [4.69, 9.17) is 9.47 Å². The van der Waals surface area contributed by atoms with Gasteiger partial charge in [-0.25, -0.2) is 9.78 Å². The van der Waals surface area contributed by atoms with Crippen LogP contribution >= 0.6 is 0 Å². The highest BCUT2D eigenvalue weighted by molar-refractivity contribution is 5.86. The number of benzene rings is 1. The molecule has 1 fully saturated rings. The minimum atomic E-state index is -0.628. The molecule has 9 nitrogen and oxygen atoms in total. The highest BCUT2D eigenvalue weighted by Crippen LogP contribution is 2.18. The van der Waals surface area contributed by atoms with Crippen molar-refractivity contribution in [2.24, 2.45) is 0 Å². The van der Waals surface area contributed by atoms with Gasteiger partial charge >= 0.3 is 11.9 Å². The lowest BCUT2D eigenvalue weighted by Gasteiger charge is -2.33. The van der Waals surface area contributed by atoms with Crippen molar-refractivity contribution >= 4 is 28.7 Å². The first-order chi connectivity index (χ1) is 14.5. The standard InChI is InChI=1S/C21H25N3O6/c1-2-29-21(28)16-9-5-6-12-24(16)18(25)13-30-19(26)11-10-17-22-15-8-4-3-7-14(15)20(27)23-17/h3-4,7-8,16H,2,5-6,9-13H2,1H3,(H,22,23,27)/t16-/m1/s1. The maximum absolute atomic E-state index is 12.5. The molecule has 0 unspecified atom stereocenters. The number of aromatic amines is 1. The molecular weight excluding hydrogens is 390 g/mol. The highest BCUT2D eigenvalue weighted by Gasteiger charge is 2.33. The van der Waals surface area contributed by atoms with Crippen molar-refractivity contribution in [3.8, 4) is 0 Å². The number of carbonyl (C=O) groups is 3. The van der Waals surface area contributed by atoms with Crippen molar-refractivity contribution in [3.63, 3.8) is 0 Å². The molecule has 1 N–H and O–H groups in total. The van der Waals surface area contributed by atoms with Crippen LogP contribution in [0.15, 0.2) is 29.1 Å². The number of likely N-dealkylation sites (tertiary alicyclic amines) is 1. The van der Waals surface area contributed by atoms with Crippen LogP contribution in [0.2, 0.25) is 0 Å². The van der Waals surface area contributed by atoms with E-state index in [1.165, 1.54) is 4.90 Å². The van der Waals surface area contributed by atoms with E-state index in [9.17, 15) is 19.2 Å². The Balaban J connectivity index is 1.52. The van der Waals surface area contributed by atoms with Gasteiger partial charge in [-0.3, -0.25) is 14.4 Å². The van der Waals surface area contributed by atoms with E-state index in [1.807, 2.05) is 0 Å². The summed E-state index contributed by atoms with van der Waals surface area (Å²) in [5.41, 5.74) is 0.282. The molecule has 1 amide bonds. The first kappa shape index (κ1) is 21.5. The average molecular weight is 415 g/mol. The van der Waals surface area contributed by atoms with Crippen LogP contribution in [0.3, 0.4) is 0 Å². The Morgan fingerprint density at radius 2 is 2.00 bits per heavy atom. The second kappa shape index (κ2) is 10.00. The second-order valence-corrected chi connectivity index (χ2v) is 7.04. The number of fused-ring (bicyclic) bond motifs is 1. The molecule has 0 spiro atoms.